The molecule has 21 heavy (non-hydrogen) atoms. The molecule has 0 aliphatic rings. The zero-order chi connectivity index (χ0) is 15.6. The van der Waals surface area contributed by atoms with E-state index in [0.29, 0.717) is 22.0 Å². The van der Waals surface area contributed by atoms with Crippen LogP contribution in [-0.2, 0) is 6.18 Å². The van der Waals surface area contributed by atoms with Gasteiger partial charge in [-0.15, -0.1) is 0 Å². The lowest BCUT2D eigenvalue weighted by molar-refractivity contribution is -0.141. The monoisotopic (exact) mass is 331 g/mol. The van der Waals surface area contributed by atoms with Gasteiger partial charge in [0, 0.05) is 10.6 Å². The number of rotatable bonds is 3. The van der Waals surface area contributed by atoms with Crippen molar-refractivity contribution in [2.75, 3.05) is 5.32 Å². The number of halogens is 4. The topological polar surface area (TPSA) is 50.9 Å². The van der Waals surface area contributed by atoms with Gasteiger partial charge in [-0.3, -0.25) is 0 Å². The van der Waals surface area contributed by atoms with Crippen LogP contribution in [0.3, 0.4) is 0 Å². The van der Waals surface area contributed by atoms with E-state index in [-0.39, 0.29) is 4.99 Å². The lowest BCUT2D eigenvalue weighted by atomic mass is 10.1. The summed E-state index contributed by atoms with van der Waals surface area (Å²) in [6.45, 7) is 0. The molecule has 0 radical (unpaired) electrons. The first-order chi connectivity index (χ1) is 9.77. The number of nitrogens with two attached hydrogens (primary N) is 1. The van der Waals surface area contributed by atoms with E-state index >= 15 is 0 Å². The third-order valence-electron chi connectivity index (χ3n) is 2.58. The molecule has 0 spiro atoms. The predicted molar refractivity (Wildman–Crippen MR) is 79.9 cm³/mol. The van der Waals surface area contributed by atoms with Gasteiger partial charge in [-0.25, -0.2) is 4.98 Å². The summed E-state index contributed by atoms with van der Waals surface area (Å²) in [5, 5.41) is 3.33. The molecule has 0 fully saturated rings. The highest BCUT2D eigenvalue weighted by atomic mass is 35.5. The van der Waals surface area contributed by atoms with Crippen molar-refractivity contribution in [2.45, 2.75) is 6.18 Å². The summed E-state index contributed by atoms with van der Waals surface area (Å²) in [5.74, 6) is 0. The van der Waals surface area contributed by atoms with Crippen molar-refractivity contribution >= 4 is 40.2 Å². The fourth-order valence-corrected chi connectivity index (χ4v) is 1.98. The molecule has 1 heterocycles. The van der Waals surface area contributed by atoms with Gasteiger partial charge in [-0.1, -0.05) is 23.8 Å². The van der Waals surface area contributed by atoms with E-state index in [0.717, 1.165) is 12.3 Å². The number of benzene rings is 1. The second-order valence-electron chi connectivity index (χ2n) is 4.11. The van der Waals surface area contributed by atoms with Gasteiger partial charge in [-0.2, -0.15) is 13.2 Å². The van der Waals surface area contributed by atoms with E-state index in [1.165, 1.54) is 6.07 Å². The van der Waals surface area contributed by atoms with Gasteiger partial charge in [0.15, 0.2) is 0 Å². The summed E-state index contributed by atoms with van der Waals surface area (Å²) in [6.07, 6.45) is -3.40. The Hall–Kier alpha value is -1.86. The standard InChI is InChI=1S/C13H9ClF3N3S/c14-7-1-3-9(12(18)21)10(5-7)20-8-2-4-11(19-6-8)13(15,16)17/h1-6,20H,(H2,18,21). The van der Waals surface area contributed by atoms with Crippen molar-refractivity contribution in [1.82, 2.24) is 4.98 Å². The van der Waals surface area contributed by atoms with Gasteiger partial charge in [0.1, 0.15) is 10.7 Å². The highest BCUT2D eigenvalue weighted by Crippen LogP contribution is 2.29. The molecule has 2 aromatic rings. The molecule has 1 aromatic heterocycles. The molecule has 110 valence electrons. The van der Waals surface area contributed by atoms with Crippen LogP contribution in [0.2, 0.25) is 5.02 Å². The third kappa shape index (κ3) is 3.83. The maximum absolute atomic E-state index is 12.4. The van der Waals surface area contributed by atoms with Gasteiger partial charge in [-0.05, 0) is 30.3 Å². The first-order valence-corrected chi connectivity index (χ1v) is 6.45. The fourth-order valence-electron chi connectivity index (χ4n) is 1.63. The molecule has 8 heteroatoms. The van der Waals surface area contributed by atoms with Crippen LogP contribution in [-0.4, -0.2) is 9.97 Å². The summed E-state index contributed by atoms with van der Waals surface area (Å²) in [7, 11) is 0. The zero-order valence-corrected chi connectivity index (χ0v) is 12.0. The summed E-state index contributed by atoms with van der Waals surface area (Å²) < 4.78 is 37.3. The Morgan fingerprint density at radius 1 is 1.24 bits per heavy atom. The molecule has 0 saturated carbocycles. The second kappa shape index (κ2) is 5.87. The number of aromatic nitrogens is 1. The molecular weight excluding hydrogens is 323 g/mol. The van der Waals surface area contributed by atoms with Gasteiger partial charge in [0.05, 0.1) is 17.6 Å². The molecule has 1 aromatic carbocycles. The van der Waals surface area contributed by atoms with Crippen molar-refractivity contribution in [1.29, 1.82) is 0 Å². The average Bonchev–Trinajstić information content (AvgIpc) is 2.38. The van der Waals surface area contributed by atoms with Gasteiger partial charge >= 0.3 is 6.18 Å². The number of alkyl halides is 3. The predicted octanol–water partition coefficient (Wildman–Crippen LogP) is 4.13. The van der Waals surface area contributed by atoms with E-state index in [1.807, 2.05) is 0 Å². The Morgan fingerprint density at radius 3 is 2.48 bits per heavy atom. The lowest BCUT2D eigenvalue weighted by Crippen LogP contribution is -2.12. The molecule has 0 atom stereocenters. The smallest absolute Gasteiger partial charge is 0.389 e. The fraction of sp³-hybridized carbons (Fsp3) is 0.0769. The summed E-state index contributed by atoms with van der Waals surface area (Å²) >= 11 is 10.8. The Bertz CT molecular complexity index is 671. The van der Waals surface area contributed by atoms with Gasteiger partial charge in [0.2, 0.25) is 0 Å². The molecule has 0 aliphatic heterocycles. The van der Waals surface area contributed by atoms with E-state index in [9.17, 15) is 13.2 Å². The van der Waals surface area contributed by atoms with Crippen LogP contribution in [0.25, 0.3) is 0 Å². The number of hydrogen-bond acceptors (Lipinski definition) is 3. The van der Waals surface area contributed by atoms with E-state index in [4.69, 9.17) is 29.6 Å². The third-order valence-corrected chi connectivity index (χ3v) is 3.04. The van der Waals surface area contributed by atoms with E-state index in [1.54, 1.807) is 18.2 Å². The van der Waals surface area contributed by atoms with Crippen LogP contribution >= 0.6 is 23.8 Å². The van der Waals surface area contributed by atoms with Crippen LogP contribution in [0.4, 0.5) is 24.5 Å². The number of hydrogen-bond donors (Lipinski definition) is 2. The van der Waals surface area contributed by atoms with Crippen molar-refractivity contribution in [3.63, 3.8) is 0 Å². The highest BCUT2D eigenvalue weighted by Gasteiger charge is 2.32. The lowest BCUT2D eigenvalue weighted by Gasteiger charge is -2.12. The Labute approximate surface area is 128 Å². The number of anilines is 2. The largest absolute Gasteiger partial charge is 0.433 e. The van der Waals surface area contributed by atoms with E-state index in [2.05, 4.69) is 10.3 Å². The molecule has 0 amide bonds. The van der Waals surface area contributed by atoms with Crippen molar-refractivity contribution in [3.05, 3.63) is 52.8 Å². The minimum atomic E-state index is -4.47. The highest BCUT2D eigenvalue weighted by molar-refractivity contribution is 7.80. The van der Waals surface area contributed by atoms with Crippen LogP contribution in [0, 0.1) is 0 Å². The van der Waals surface area contributed by atoms with Crippen LogP contribution in [0.5, 0.6) is 0 Å². The van der Waals surface area contributed by atoms with Crippen molar-refractivity contribution in [3.8, 4) is 0 Å². The molecule has 0 unspecified atom stereocenters. The van der Waals surface area contributed by atoms with Crippen molar-refractivity contribution in [2.24, 2.45) is 5.73 Å². The first kappa shape index (κ1) is 15.5. The number of nitrogens with zero attached hydrogens (tertiary/aromatic N) is 1. The average molecular weight is 332 g/mol. The van der Waals surface area contributed by atoms with Crippen LogP contribution in [0.15, 0.2) is 36.5 Å². The zero-order valence-electron chi connectivity index (χ0n) is 10.4. The second-order valence-corrected chi connectivity index (χ2v) is 4.99. The molecule has 0 aliphatic carbocycles. The molecule has 2 rings (SSSR count). The SMILES string of the molecule is NC(=S)c1ccc(Cl)cc1Nc1ccc(C(F)(F)F)nc1. The minimum Gasteiger partial charge on any atom is -0.389 e. The summed E-state index contributed by atoms with van der Waals surface area (Å²) in [5.41, 5.74) is 6.02. The number of pyridine rings is 1. The van der Waals surface area contributed by atoms with E-state index < -0.39 is 11.9 Å². The quantitative estimate of drug-likeness (QED) is 0.830. The molecular formula is C13H9ClF3N3S. The van der Waals surface area contributed by atoms with Crippen molar-refractivity contribution < 1.29 is 13.2 Å². The Balaban J connectivity index is 2.30. The molecule has 0 bridgehead atoms. The molecule has 3 nitrogen and oxygen atoms in total. The van der Waals surface area contributed by atoms with Gasteiger partial charge in [0.25, 0.3) is 0 Å². The van der Waals surface area contributed by atoms with Crippen LogP contribution in [0.1, 0.15) is 11.3 Å². The first-order valence-electron chi connectivity index (χ1n) is 5.67. The maximum Gasteiger partial charge on any atom is 0.433 e. The summed E-state index contributed by atoms with van der Waals surface area (Å²) in [4.78, 5) is 3.51. The van der Waals surface area contributed by atoms with Crippen LogP contribution < -0.4 is 11.1 Å². The van der Waals surface area contributed by atoms with Gasteiger partial charge < -0.3 is 11.1 Å². The number of thiocarbonyl (C=S) groups is 1. The molecule has 0 saturated heterocycles. The number of nitrogens with one attached hydrogen (secondary N) is 1. The maximum atomic E-state index is 12.4. The minimum absolute atomic E-state index is 0.147. The Morgan fingerprint density at radius 2 is 1.95 bits per heavy atom. The normalized spacial score (nSPS) is 11.2. The Kier molecular flexibility index (Phi) is 4.34. The molecule has 3 N–H and O–H groups in total. The summed E-state index contributed by atoms with van der Waals surface area (Å²) in [6, 6.07) is 6.97.